The van der Waals surface area contributed by atoms with Crippen molar-refractivity contribution < 1.29 is 24.2 Å². The van der Waals surface area contributed by atoms with Gasteiger partial charge in [0.05, 0.1) is 0 Å². The van der Waals surface area contributed by atoms with Crippen molar-refractivity contribution in [1.29, 1.82) is 0 Å². The number of carbonyl (C=O) groups excluding carboxylic acids is 3. The van der Waals surface area contributed by atoms with Gasteiger partial charge in [0.25, 0.3) is 0 Å². The molecule has 0 saturated heterocycles. The molecule has 8 nitrogen and oxygen atoms in total. The van der Waals surface area contributed by atoms with Crippen LogP contribution in [0.1, 0.15) is 82.9 Å². The average Bonchev–Trinajstić information content (AvgIpc) is 3.72. The summed E-state index contributed by atoms with van der Waals surface area (Å²) in [5, 5.41) is 15.9. The quantitative estimate of drug-likeness (QED) is 0.418. The number of phenols is 1. The molecule has 2 aromatic carbocycles. The number of hydrogen-bond donors (Lipinski definition) is 3. The number of amides is 3. The van der Waals surface area contributed by atoms with Gasteiger partial charge in [0, 0.05) is 18.5 Å². The largest absolute Gasteiger partial charge is 0.508 e. The summed E-state index contributed by atoms with van der Waals surface area (Å²) in [5.74, 6) is -0.476. The van der Waals surface area contributed by atoms with Crippen molar-refractivity contribution in [3.05, 3.63) is 65.7 Å². The highest BCUT2D eigenvalue weighted by Gasteiger charge is 2.44. The van der Waals surface area contributed by atoms with E-state index in [9.17, 15) is 19.5 Å². The number of nitrogens with one attached hydrogen (secondary N) is 2. The van der Waals surface area contributed by atoms with Gasteiger partial charge in [-0.05, 0) is 69.7 Å². The highest BCUT2D eigenvalue weighted by atomic mass is 16.6. The van der Waals surface area contributed by atoms with E-state index in [-0.39, 0.29) is 36.1 Å². The van der Waals surface area contributed by atoms with Crippen molar-refractivity contribution in [3.8, 4) is 5.75 Å². The minimum atomic E-state index is -0.926. The van der Waals surface area contributed by atoms with E-state index in [2.05, 4.69) is 10.6 Å². The van der Waals surface area contributed by atoms with Crippen LogP contribution in [0.5, 0.6) is 5.75 Å². The molecular weight excluding hydrogens is 494 g/mol. The monoisotopic (exact) mass is 535 g/mol. The van der Waals surface area contributed by atoms with Crippen LogP contribution in [0.15, 0.2) is 54.6 Å². The van der Waals surface area contributed by atoms with Crippen LogP contribution in [0.25, 0.3) is 0 Å². The van der Waals surface area contributed by atoms with E-state index < -0.39 is 23.8 Å². The number of alkyl carbamates (subject to hydrolysis) is 1. The minimum Gasteiger partial charge on any atom is -0.508 e. The zero-order valence-electron chi connectivity index (χ0n) is 23.2. The van der Waals surface area contributed by atoms with Crippen LogP contribution in [0.2, 0.25) is 0 Å². The minimum absolute atomic E-state index is 0.0713. The van der Waals surface area contributed by atoms with E-state index in [0.717, 1.165) is 50.5 Å². The summed E-state index contributed by atoms with van der Waals surface area (Å²) in [7, 11) is 0. The molecule has 0 radical (unpaired) electrons. The third-order valence-electron chi connectivity index (χ3n) is 7.15. The van der Waals surface area contributed by atoms with Gasteiger partial charge in [-0.1, -0.05) is 61.7 Å². The molecule has 3 N–H and O–H groups in total. The molecule has 3 amide bonds. The highest BCUT2D eigenvalue weighted by molar-refractivity contribution is 5.93. The second-order valence-electron chi connectivity index (χ2n) is 11.7. The topological polar surface area (TPSA) is 108 Å². The lowest BCUT2D eigenvalue weighted by atomic mass is 9.94. The molecule has 210 valence electrons. The summed E-state index contributed by atoms with van der Waals surface area (Å²) in [5.41, 5.74) is 0.780. The zero-order valence-corrected chi connectivity index (χ0v) is 23.2. The molecule has 2 fully saturated rings. The maximum absolute atomic E-state index is 14.3. The van der Waals surface area contributed by atoms with Crippen LogP contribution in [0.3, 0.4) is 0 Å². The lowest BCUT2D eigenvalue weighted by Gasteiger charge is -2.36. The van der Waals surface area contributed by atoms with Crippen LogP contribution in [-0.4, -0.2) is 51.6 Å². The van der Waals surface area contributed by atoms with Crippen molar-refractivity contribution in [1.82, 2.24) is 15.5 Å². The Kier molecular flexibility index (Phi) is 9.15. The second kappa shape index (κ2) is 12.5. The van der Waals surface area contributed by atoms with Crippen LogP contribution in [0, 0.1) is 0 Å². The molecule has 2 saturated carbocycles. The second-order valence-corrected chi connectivity index (χ2v) is 11.7. The summed E-state index contributed by atoms with van der Waals surface area (Å²) >= 11 is 0. The molecule has 2 atom stereocenters. The summed E-state index contributed by atoms with van der Waals surface area (Å²) in [4.78, 5) is 42.7. The molecular formula is C31H41N3O5. The van der Waals surface area contributed by atoms with E-state index in [0.29, 0.717) is 5.56 Å². The maximum Gasteiger partial charge on any atom is 0.408 e. The smallest absolute Gasteiger partial charge is 0.408 e. The molecule has 2 unspecified atom stereocenters. The van der Waals surface area contributed by atoms with E-state index in [4.69, 9.17) is 4.74 Å². The van der Waals surface area contributed by atoms with Crippen molar-refractivity contribution >= 4 is 17.9 Å². The number of hydrogen-bond acceptors (Lipinski definition) is 5. The first-order valence-electron chi connectivity index (χ1n) is 14.1. The van der Waals surface area contributed by atoms with E-state index in [1.165, 1.54) is 12.1 Å². The Hall–Kier alpha value is -3.55. The Morgan fingerprint density at radius 3 is 2.18 bits per heavy atom. The Morgan fingerprint density at radius 1 is 0.949 bits per heavy atom. The molecule has 0 spiro atoms. The predicted molar refractivity (Wildman–Crippen MR) is 149 cm³/mol. The first kappa shape index (κ1) is 28.5. The Balaban J connectivity index is 1.66. The number of benzene rings is 2. The number of phenolic OH excluding ortho intramolecular Hbond substituents is 1. The lowest BCUT2D eigenvalue weighted by Crippen LogP contribution is -2.55. The summed E-state index contributed by atoms with van der Waals surface area (Å²) < 4.78 is 5.49. The van der Waals surface area contributed by atoms with E-state index in [1.807, 2.05) is 30.3 Å². The first-order valence-corrected chi connectivity index (χ1v) is 14.1. The van der Waals surface area contributed by atoms with Gasteiger partial charge in [0.2, 0.25) is 11.8 Å². The molecule has 0 heterocycles. The van der Waals surface area contributed by atoms with Gasteiger partial charge < -0.3 is 25.4 Å². The third kappa shape index (κ3) is 8.22. The Bertz CT molecular complexity index is 1120. The van der Waals surface area contributed by atoms with E-state index in [1.54, 1.807) is 37.8 Å². The number of nitrogens with zero attached hydrogens (tertiary/aromatic N) is 1. The SMILES string of the molecule is CC(C)(C)OC(=O)NC(Cc1ccccc1)C(=O)N(C1CC1)C(C(=O)NC1CCCCC1)c1ccc(O)cc1. The number of rotatable bonds is 9. The molecule has 2 aliphatic rings. The lowest BCUT2D eigenvalue weighted by molar-refractivity contribution is -0.143. The molecule has 2 aliphatic carbocycles. The van der Waals surface area contributed by atoms with Gasteiger partial charge in [0.1, 0.15) is 23.4 Å². The molecule has 0 aliphatic heterocycles. The first-order chi connectivity index (χ1) is 18.6. The Morgan fingerprint density at radius 2 is 1.59 bits per heavy atom. The number of ether oxygens (including phenoxy) is 1. The molecule has 0 bridgehead atoms. The van der Waals surface area contributed by atoms with Crippen LogP contribution < -0.4 is 10.6 Å². The average molecular weight is 536 g/mol. The van der Waals surface area contributed by atoms with Gasteiger partial charge in [-0.3, -0.25) is 9.59 Å². The molecule has 39 heavy (non-hydrogen) atoms. The number of aromatic hydroxyl groups is 1. The van der Waals surface area contributed by atoms with Gasteiger partial charge in [-0.15, -0.1) is 0 Å². The van der Waals surface area contributed by atoms with Gasteiger partial charge in [0.15, 0.2) is 0 Å². The standard InChI is InChI=1S/C31H41N3O5/c1-31(2,3)39-30(38)33-26(20-21-10-6-4-7-11-21)29(37)34(24-16-17-24)27(22-14-18-25(35)19-15-22)28(36)32-23-12-8-5-9-13-23/h4,6-7,10-11,14-15,18-19,23-24,26-27,35H,5,8-9,12-13,16-17,20H2,1-3H3,(H,32,36)(H,33,38). The highest BCUT2D eigenvalue weighted by Crippen LogP contribution is 2.36. The fourth-order valence-electron chi connectivity index (χ4n) is 5.17. The number of carbonyl (C=O) groups is 3. The summed E-state index contributed by atoms with van der Waals surface area (Å²) in [6.45, 7) is 5.31. The normalized spacial score (nSPS) is 17.5. The van der Waals surface area contributed by atoms with Crippen LogP contribution >= 0.6 is 0 Å². The third-order valence-corrected chi connectivity index (χ3v) is 7.15. The van der Waals surface area contributed by atoms with Crippen molar-refractivity contribution in [2.75, 3.05) is 0 Å². The van der Waals surface area contributed by atoms with E-state index >= 15 is 0 Å². The van der Waals surface area contributed by atoms with Crippen LogP contribution in [0.4, 0.5) is 4.79 Å². The van der Waals surface area contributed by atoms with Gasteiger partial charge in [-0.2, -0.15) is 0 Å². The molecule has 0 aromatic heterocycles. The van der Waals surface area contributed by atoms with Gasteiger partial charge >= 0.3 is 6.09 Å². The predicted octanol–water partition coefficient (Wildman–Crippen LogP) is 5.01. The maximum atomic E-state index is 14.3. The zero-order chi connectivity index (χ0) is 28.0. The van der Waals surface area contributed by atoms with Crippen molar-refractivity contribution in [2.24, 2.45) is 0 Å². The Labute approximate surface area is 231 Å². The molecule has 2 aromatic rings. The van der Waals surface area contributed by atoms with Crippen molar-refractivity contribution in [2.45, 2.75) is 102 Å². The van der Waals surface area contributed by atoms with Gasteiger partial charge in [-0.25, -0.2) is 4.79 Å². The van der Waals surface area contributed by atoms with Crippen molar-refractivity contribution in [3.63, 3.8) is 0 Å². The molecule has 8 heteroatoms. The summed E-state index contributed by atoms with van der Waals surface area (Å²) in [6.07, 6.45) is 6.28. The fourth-order valence-corrected chi connectivity index (χ4v) is 5.17. The fraction of sp³-hybridized carbons (Fsp3) is 0.516. The summed E-state index contributed by atoms with van der Waals surface area (Å²) in [6, 6.07) is 14.1. The van der Waals surface area contributed by atoms with Crippen LogP contribution in [-0.2, 0) is 20.7 Å². The molecule has 4 rings (SSSR count).